The van der Waals surface area contributed by atoms with Crippen molar-refractivity contribution in [1.82, 2.24) is 0 Å². The van der Waals surface area contributed by atoms with Crippen LogP contribution in [-0.2, 0) is 3.79 Å². The molecule has 0 atom stereocenters. The Bertz CT molecular complexity index is 50.9. The normalized spacial score (nSPS) is 9.67. The highest BCUT2D eigenvalue weighted by molar-refractivity contribution is 6.51. The molecular weight excluding hydrogens is 127 g/mol. The van der Waals surface area contributed by atoms with Gasteiger partial charge in [-0.3, -0.25) is 0 Å². The lowest BCUT2D eigenvalue weighted by molar-refractivity contribution is 0.416. The zero-order valence-electron chi connectivity index (χ0n) is 6.81. The lowest BCUT2D eigenvalue weighted by Gasteiger charge is -2.04. The Hall–Kier alpha value is 0.492. The van der Waals surface area contributed by atoms with Gasteiger partial charge >= 0.3 is 14.5 Å². The second kappa shape index (κ2) is 6.61. The Balaban J connectivity index is 3.18. The molecule has 0 fully saturated rings. The van der Waals surface area contributed by atoms with Gasteiger partial charge in [0.05, 0.1) is 0 Å². The lowest BCUT2D eigenvalue weighted by Crippen LogP contribution is -2.13. The molecule has 2 heteroatoms. The van der Waals surface area contributed by atoms with E-state index in [9.17, 15) is 0 Å². The maximum atomic E-state index is 5.37. The molecule has 0 bridgehead atoms. The van der Waals surface area contributed by atoms with Crippen LogP contribution in [0.5, 0.6) is 0 Å². The van der Waals surface area contributed by atoms with E-state index in [0.717, 1.165) is 0 Å². The standard InChI is InChI=1S/2C3H7.CH3O.Al/c2*1-3-2;1-2;/h2*1,3H2,2H3;1H3;/q;;-1;+1. The maximum absolute atomic E-state index is 5.37. The fourth-order valence-corrected chi connectivity index (χ4v) is 3.07. The first-order chi connectivity index (χ1) is 4.35. The van der Waals surface area contributed by atoms with Gasteiger partial charge in [0.25, 0.3) is 0 Å². The van der Waals surface area contributed by atoms with Crippen molar-refractivity contribution < 1.29 is 3.79 Å². The van der Waals surface area contributed by atoms with Crippen LogP contribution in [0.2, 0.25) is 10.6 Å². The molecule has 0 N–H and O–H groups in total. The van der Waals surface area contributed by atoms with Gasteiger partial charge in [-0.05, 0) is 0 Å². The van der Waals surface area contributed by atoms with Crippen LogP contribution in [0, 0.1) is 0 Å². The highest BCUT2D eigenvalue weighted by Crippen LogP contribution is 2.05. The van der Waals surface area contributed by atoms with Crippen molar-refractivity contribution >= 4 is 14.5 Å². The van der Waals surface area contributed by atoms with Crippen LogP contribution in [0.1, 0.15) is 26.7 Å². The smallest absolute Gasteiger partial charge is 0.460 e. The summed E-state index contributed by atoms with van der Waals surface area (Å²) in [7, 11) is 1.86. The van der Waals surface area contributed by atoms with Gasteiger partial charge in [-0.15, -0.1) is 0 Å². The van der Waals surface area contributed by atoms with E-state index in [0.29, 0.717) is 0 Å². The van der Waals surface area contributed by atoms with E-state index in [1.165, 1.54) is 23.4 Å². The van der Waals surface area contributed by atoms with E-state index in [1.54, 1.807) is 0 Å². The Labute approximate surface area is 63.1 Å². The molecule has 0 saturated carbocycles. The summed E-state index contributed by atoms with van der Waals surface area (Å²) in [5, 5.41) is 2.70. The quantitative estimate of drug-likeness (QED) is 0.538. The average Bonchev–Trinajstić information content (AvgIpc) is 1.88. The molecule has 1 nitrogen and oxygen atoms in total. The minimum absolute atomic E-state index is 0.713. The monoisotopic (exact) mass is 144 g/mol. The van der Waals surface area contributed by atoms with Crippen molar-refractivity contribution in [2.24, 2.45) is 0 Å². The van der Waals surface area contributed by atoms with Gasteiger partial charge in [-0.25, -0.2) is 0 Å². The number of hydrogen-bond acceptors (Lipinski definition) is 1. The van der Waals surface area contributed by atoms with Crippen molar-refractivity contribution in [3.05, 3.63) is 0 Å². The molecule has 0 unspecified atom stereocenters. The molecule has 0 amide bonds. The Morgan fingerprint density at radius 2 is 1.56 bits per heavy atom. The Kier molecular flexibility index (Phi) is 6.97. The molecule has 0 aliphatic heterocycles. The highest BCUT2D eigenvalue weighted by Gasteiger charge is 2.14. The average molecular weight is 144 g/mol. The van der Waals surface area contributed by atoms with Crippen LogP contribution in [0.4, 0.5) is 0 Å². The van der Waals surface area contributed by atoms with Crippen LogP contribution < -0.4 is 0 Å². The summed E-state index contributed by atoms with van der Waals surface area (Å²) in [4.78, 5) is 0. The van der Waals surface area contributed by atoms with E-state index in [4.69, 9.17) is 3.79 Å². The molecule has 0 aromatic heterocycles. The maximum Gasteiger partial charge on any atom is 0.460 e. The largest absolute Gasteiger partial charge is 0.503 e. The van der Waals surface area contributed by atoms with Gasteiger partial charge in [0.15, 0.2) is 0 Å². The molecule has 0 saturated heterocycles. The summed E-state index contributed by atoms with van der Waals surface area (Å²) in [5.41, 5.74) is 0. The van der Waals surface area contributed by atoms with E-state index >= 15 is 0 Å². The number of hydrogen-bond donors (Lipinski definition) is 0. The van der Waals surface area contributed by atoms with Crippen LogP contribution >= 0.6 is 0 Å². The fourth-order valence-electron chi connectivity index (χ4n) is 1.02. The van der Waals surface area contributed by atoms with E-state index in [2.05, 4.69) is 13.8 Å². The van der Waals surface area contributed by atoms with Crippen molar-refractivity contribution in [3.8, 4) is 0 Å². The molecule has 0 heterocycles. The lowest BCUT2D eigenvalue weighted by atomic mass is 10.6. The van der Waals surface area contributed by atoms with Crippen molar-refractivity contribution in [3.63, 3.8) is 0 Å². The van der Waals surface area contributed by atoms with Crippen LogP contribution in [0.15, 0.2) is 0 Å². The Morgan fingerprint density at radius 1 is 1.11 bits per heavy atom. The molecule has 0 rings (SSSR count). The first-order valence-electron chi connectivity index (χ1n) is 3.87. The van der Waals surface area contributed by atoms with Crippen molar-refractivity contribution in [1.29, 1.82) is 0 Å². The van der Waals surface area contributed by atoms with Gasteiger partial charge in [-0.2, -0.15) is 0 Å². The molecular formula is C7H17AlO. The van der Waals surface area contributed by atoms with E-state index in [-0.39, 0.29) is 0 Å². The van der Waals surface area contributed by atoms with Gasteiger partial charge in [-0.1, -0.05) is 37.3 Å². The fraction of sp³-hybridized carbons (Fsp3) is 1.00. The third kappa shape index (κ3) is 4.96. The second-order valence-electron chi connectivity index (χ2n) is 2.44. The summed E-state index contributed by atoms with van der Waals surface area (Å²) in [5.74, 6) is 0. The first-order valence-corrected chi connectivity index (χ1v) is 5.98. The third-order valence-corrected chi connectivity index (χ3v) is 4.66. The third-order valence-electron chi connectivity index (χ3n) is 1.55. The van der Waals surface area contributed by atoms with Crippen LogP contribution in [0.25, 0.3) is 0 Å². The van der Waals surface area contributed by atoms with Crippen molar-refractivity contribution in [2.75, 3.05) is 7.11 Å². The number of rotatable bonds is 5. The van der Waals surface area contributed by atoms with Gasteiger partial charge in [0, 0.05) is 7.11 Å². The predicted octanol–water partition coefficient (Wildman–Crippen LogP) is 2.44. The van der Waals surface area contributed by atoms with Gasteiger partial charge in [0.2, 0.25) is 0 Å². The first kappa shape index (κ1) is 9.49. The Morgan fingerprint density at radius 3 is 1.78 bits per heavy atom. The SMILES string of the molecule is CC[CH2][Al]([CH2]CC)[O]C. The summed E-state index contributed by atoms with van der Waals surface area (Å²) < 4.78 is 5.37. The molecule has 0 radical (unpaired) electrons. The van der Waals surface area contributed by atoms with E-state index in [1.807, 2.05) is 7.11 Å². The zero-order chi connectivity index (χ0) is 7.11. The summed E-state index contributed by atoms with van der Waals surface area (Å²) in [6.45, 7) is 4.46. The van der Waals surface area contributed by atoms with Crippen LogP contribution in [0.3, 0.4) is 0 Å². The topological polar surface area (TPSA) is 9.23 Å². The molecule has 9 heavy (non-hydrogen) atoms. The van der Waals surface area contributed by atoms with E-state index < -0.39 is 14.5 Å². The second-order valence-corrected chi connectivity index (χ2v) is 5.31. The molecule has 0 aliphatic carbocycles. The molecule has 0 aromatic rings. The highest BCUT2D eigenvalue weighted by atomic mass is 27.2. The summed E-state index contributed by atoms with van der Waals surface area (Å²) >= 11 is -0.713. The summed E-state index contributed by atoms with van der Waals surface area (Å²) in [6.07, 6.45) is 2.59. The predicted molar refractivity (Wildman–Crippen MR) is 43.0 cm³/mol. The molecule has 54 valence electrons. The van der Waals surface area contributed by atoms with Crippen LogP contribution in [-0.4, -0.2) is 21.6 Å². The molecule has 0 aromatic carbocycles. The van der Waals surface area contributed by atoms with Gasteiger partial charge in [0.1, 0.15) is 0 Å². The van der Waals surface area contributed by atoms with Gasteiger partial charge < -0.3 is 3.79 Å². The minimum atomic E-state index is -0.713. The minimum Gasteiger partial charge on any atom is -0.503 e. The zero-order valence-corrected chi connectivity index (χ0v) is 7.97. The summed E-state index contributed by atoms with van der Waals surface area (Å²) in [6, 6.07) is 0. The molecule has 0 aliphatic rings. The van der Waals surface area contributed by atoms with Crippen molar-refractivity contribution in [2.45, 2.75) is 37.3 Å². The molecule has 0 spiro atoms.